The van der Waals surface area contributed by atoms with E-state index < -0.39 is 6.10 Å². The van der Waals surface area contributed by atoms with Crippen LogP contribution in [-0.4, -0.2) is 12.0 Å². The summed E-state index contributed by atoms with van der Waals surface area (Å²) in [5.74, 6) is 1.23. The lowest BCUT2D eigenvalue weighted by molar-refractivity contribution is -0.122. The molecule has 0 saturated heterocycles. The molecule has 0 aliphatic carbocycles. The molecule has 0 bridgehead atoms. The molecule has 150 valence electrons. The number of nitrogens with one attached hydrogen (secondary N) is 1. The number of ether oxygens (including phenoxy) is 2. The van der Waals surface area contributed by atoms with E-state index in [4.69, 9.17) is 9.47 Å². The summed E-state index contributed by atoms with van der Waals surface area (Å²) in [6.07, 6.45) is -0.634. The lowest BCUT2D eigenvalue weighted by atomic mass is 10.1. The molecule has 30 heavy (non-hydrogen) atoms. The van der Waals surface area contributed by atoms with Crippen molar-refractivity contribution in [3.63, 3.8) is 0 Å². The van der Waals surface area contributed by atoms with Crippen LogP contribution in [0.25, 0.3) is 10.8 Å². The maximum Gasteiger partial charge on any atom is 0.265 e. The lowest BCUT2D eigenvalue weighted by Crippen LogP contribution is -2.30. The van der Waals surface area contributed by atoms with Crippen molar-refractivity contribution in [2.45, 2.75) is 19.6 Å². The minimum atomic E-state index is -0.634. The molecule has 4 aromatic rings. The highest BCUT2D eigenvalue weighted by Crippen LogP contribution is 2.26. The van der Waals surface area contributed by atoms with Gasteiger partial charge in [-0.05, 0) is 48.2 Å². The van der Waals surface area contributed by atoms with Gasteiger partial charge in [0.1, 0.15) is 18.1 Å². The highest BCUT2D eigenvalue weighted by Gasteiger charge is 2.16. The van der Waals surface area contributed by atoms with Crippen LogP contribution in [0.5, 0.6) is 11.5 Å². The maximum absolute atomic E-state index is 12.6. The molecule has 0 saturated carbocycles. The number of hydrogen-bond acceptors (Lipinski definition) is 3. The number of anilines is 1. The number of rotatable bonds is 7. The van der Waals surface area contributed by atoms with E-state index in [1.54, 1.807) is 6.92 Å². The molecule has 0 radical (unpaired) electrons. The van der Waals surface area contributed by atoms with Gasteiger partial charge >= 0.3 is 0 Å². The topological polar surface area (TPSA) is 47.6 Å². The average Bonchev–Trinajstić information content (AvgIpc) is 2.79. The average molecular weight is 397 g/mol. The number of carbonyl (C=O) groups is 1. The number of carbonyl (C=O) groups excluding carboxylic acids is 1. The van der Waals surface area contributed by atoms with Crippen LogP contribution in [-0.2, 0) is 11.4 Å². The van der Waals surface area contributed by atoms with Gasteiger partial charge in [0.25, 0.3) is 5.91 Å². The van der Waals surface area contributed by atoms with Crippen molar-refractivity contribution < 1.29 is 14.3 Å². The summed E-state index contributed by atoms with van der Waals surface area (Å²) in [6.45, 7) is 2.25. The van der Waals surface area contributed by atoms with Crippen molar-refractivity contribution in [3.05, 3.63) is 103 Å². The molecule has 0 aliphatic rings. The summed E-state index contributed by atoms with van der Waals surface area (Å²) in [5, 5.41) is 4.95. The molecule has 0 heterocycles. The van der Waals surface area contributed by atoms with Crippen LogP contribution in [0.2, 0.25) is 0 Å². The SMILES string of the molecule is C[C@H](Oc1cccc2ccccc12)C(=O)Nc1ccc(OCc2ccccc2)cc1. The van der Waals surface area contributed by atoms with Gasteiger partial charge in [0.15, 0.2) is 6.10 Å². The van der Waals surface area contributed by atoms with Gasteiger partial charge in [0.2, 0.25) is 0 Å². The van der Waals surface area contributed by atoms with E-state index in [1.807, 2.05) is 97.1 Å². The van der Waals surface area contributed by atoms with Crippen LogP contribution >= 0.6 is 0 Å². The van der Waals surface area contributed by atoms with E-state index in [0.717, 1.165) is 22.1 Å². The predicted molar refractivity (Wildman–Crippen MR) is 120 cm³/mol. The molecular formula is C26H23NO3. The molecule has 4 aromatic carbocycles. The van der Waals surface area contributed by atoms with Crippen molar-refractivity contribution >= 4 is 22.4 Å². The van der Waals surface area contributed by atoms with Gasteiger partial charge in [-0.1, -0.05) is 66.7 Å². The Kier molecular flexibility index (Phi) is 5.95. The van der Waals surface area contributed by atoms with Crippen molar-refractivity contribution in [1.82, 2.24) is 0 Å². The Hall–Kier alpha value is -3.79. The zero-order valence-corrected chi connectivity index (χ0v) is 16.7. The molecule has 1 N–H and O–H groups in total. The van der Waals surface area contributed by atoms with Crippen molar-refractivity contribution in [2.75, 3.05) is 5.32 Å². The highest BCUT2D eigenvalue weighted by molar-refractivity contribution is 5.95. The Morgan fingerprint density at radius 3 is 2.33 bits per heavy atom. The number of amides is 1. The second-order valence-corrected chi connectivity index (χ2v) is 7.03. The largest absolute Gasteiger partial charge is 0.489 e. The Morgan fingerprint density at radius 1 is 0.833 bits per heavy atom. The summed E-state index contributed by atoms with van der Waals surface area (Å²) in [4.78, 5) is 12.6. The molecule has 0 aromatic heterocycles. The third kappa shape index (κ3) is 4.78. The quantitative estimate of drug-likeness (QED) is 0.427. The zero-order valence-electron chi connectivity index (χ0n) is 16.7. The van der Waals surface area contributed by atoms with Crippen LogP contribution < -0.4 is 14.8 Å². The van der Waals surface area contributed by atoms with E-state index in [9.17, 15) is 4.79 Å². The Balaban J connectivity index is 1.35. The van der Waals surface area contributed by atoms with Gasteiger partial charge in [-0.3, -0.25) is 4.79 Å². The van der Waals surface area contributed by atoms with E-state index in [-0.39, 0.29) is 5.91 Å². The van der Waals surface area contributed by atoms with Crippen LogP contribution in [0.15, 0.2) is 97.1 Å². The molecule has 0 aliphatic heterocycles. The highest BCUT2D eigenvalue weighted by atomic mass is 16.5. The molecule has 1 amide bonds. The van der Waals surface area contributed by atoms with E-state index in [2.05, 4.69) is 5.32 Å². The van der Waals surface area contributed by atoms with Gasteiger partial charge in [0.05, 0.1) is 0 Å². The number of hydrogen-bond donors (Lipinski definition) is 1. The molecule has 0 spiro atoms. The summed E-state index contributed by atoms with van der Waals surface area (Å²) in [7, 11) is 0. The standard InChI is InChI=1S/C26H23NO3/c1-19(30-25-13-7-11-21-10-5-6-12-24(21)25)26(28)27-22-14-16-23(17-15-22)29-18-20-8-3-2-4-9-20/h2-17,19H,18H2,1H3,(H,27,28)/t19-/m0/s1. The zero-order chi connectivity index (χ0) is 20.8. The Bertz CT molecular complexity index is 1120. The lowest BCUT2D eigenvalue weighted by Gasteiger charge is -2.16. The van der Waals surface area contributed by atoms with Crippen LogP contribution in [0.3, 0.4) is 0 Å². The first-order valence-corrected chi connectivity index (χ1v) is 9.91. The predicted octanol–water partition coefficient (Wildman–Crippen LogP) is 5.82. The summed E-state index contributed by atoms with van der Waals surface area (Å²) in [5.41, 5.74) is 1.80. The number of benzene rings is 4. The summed E-state index contributed by atoms with van der Waals surface area (Å²) in [6, 6.07) is 31.1. The fourth-order valence-corrected chi connectivity index (χ4v) is 3.16. The molecule has 4 heteroatoms. The molecule has 0 fully saturated rings. The maximum atomic E-state index is 12.6. The van der Waals surface area contributed by atoms with E-state index in [1.165, 1.54) is 0 Å². The van der Waals surface area contributed by atoms with E-state index in [0.29, 0.717) is 18.0 Å². The van der Waals surface area contributed by atoms with Gasteiger partial charge in [-0.15, -0.1) is 0 Å². The summed E-state index contributed by atoms with van der Waals surface area (Å²) < 4.78 is 11.7. The fraction of sp³-hybridized carbons (Fsp3) is 0.115. The van der Waals surface area contributed by atoms with Gasteiger partial charge < -0.3 is 14.8 Å². The van der Waals surface area contributed by atoms with Crippen LogP contribution in [0, 0.1) is 0 Å². The smallest absolute Gasteiger partial charge is 0.265 e. The van der Waals surface area contributed by atoms with Gasteiger partial charge in [0, 0.05) is 11.1 Å². The summed E-state index contributed by atoms with van der Waals surface area (Å²) >= 11 is 0. The third-order valence-corrected chi connectivity index (χ3v) is 4.79. The normalized spacial score (nSPS) is 11.6. The van der Waals surface area contributed by atoms with E-state index >= 15 is 0 Å². The fourth-order valence-electron chi connectivity index (χ4n) is 3.16. The first-order chi connectivity index (χ1) is 14.7. The van der Waals surface area contributed by atoms with Crippen molar-refractivity contribution in [2.24, 2.45) is 0 Å². The van der Waals surface area contributed by atoms with Crippen LogP contribution in [0.4, 0.5) is 5.69 Å². The Labute approximate surface area is 176 Å². The molecule has 0 unspecified atom stereocenters. The minimum Gasteiger partial charge on any atom is -0.489 e. The van der Waals surface area contributed by atoms with Crippen molar-refractivity contribution in [3.8, 4) is 11.5 Å². The van der Waals surface area contributed by atoms with Crippen molar-refractivity contribution in [1.29, 1.82) is 0 Å². The molecule has 4 rings (SSSR count). The first kappa shape index (κ1) is 19.5. The van der Waals surface area contributed by atoms with Gasteiger partial charge in [-0.25, -0.2) is 0 Å². The minimum absolute atomic E-state index is 0.208. The number of fused-ring (bicyclic) bond motifs is 1. The second-order valence-electron chi connectivity index (χ2n) is 7.03. The van der Waals surface area contributed by atoms with Crippen LogP contribution in [0.1, 0.15) is 12.5 Å². The first-order valence-electron chi connectivity index (χ1n) is 9.91. The molecule has 1 atom stereocenters. The molecule has 4 nitrogen and oxygen atoms in total. The Morgan fingerprint density at radius 2 is 1.53 bits per heavy atom. The monoisotopic (exact) mass is 397 g/mol. The molecular weight excluding hydrogens is 374 g/mol. The third-order valence-electron chi connectivity index (χ3n) is 4.79. The van der Waals surface area contributed by atoms with Gasteiger partial charge in [-0.2, -0.15) is 0 Å². The second kappa shape index (κ2) is 9.14.